The van der Waals surface area contributed by atoms with E-state index in [0.29, 0.717) is 39.6 Å². The van der Waals surface area contributed by atoms with Gasteiger partial charge in [0.05, 0.1) is 23.4 Å². The first-order chi connectivity index (χ1) is 25.1. The minimum Gasteiger partial charge on any atom is -0.309 e. The van der Waals surface area contributed by atoms with E-state index in [1.165, 1.54) is 0 Å². The largest absolute Gasteiger partial charge is 0.309 e. The Morgan fingerprint density at radius 1 is 0.465 bits per heavy atom. The minimum absolute atomic E-state index is 0.0659. The maximum atomic E-state index is 9.07. The van der Waals surface area contributed by atoms with Gasteiger partial charge in [0, 0.05) is 33.2 Å². The molecule has 0 fully saturated rings. The molecule has 6 aromatic carbocycles. The van der Waals surface area contributed by atoms with E-state index in [0.717, 1.165) is 11.1 Å². The lowest BCUT2D eigenvalue weighted by molar-refractivity contribution is 1.07. The van der Waals surface area contributed by atoms with Crippen molar-refractivity contribution >= 4 is 21.8 Å². The van der Waals surface area contributed by atoms with Crippen LogP contribution in [0.25, 0.3) is 72.8 Å². The number of hydrogen-bond donors (Lipinski definition) is 0. The number of nitrogens with zero attached hydrogens (tertiary/aromatic N) is 4. The molecule has 0 aliphatic carbocycles. The Labute approximate surface area is 262 Å². The molecule has 0 aliphatic rings. The number of para-hydroxylation sites is 1. The van der Waals surface area contributed by atoms with E-state index < -0.39 is 42.3 Å². The molecule has 0 aliphatic heterocycles. The molecule has 43 heavy (non-hydrogen) atoms. The quantitative estimate of drug-likeness (QED) is 0.211. The molecule has 0 amide bonds. The van der Waals surface area contributed by atoms with E-state index in [9.17, 15) is 0 Å². The monoisotopic (exact) mass is 559 g/mol. The second-order valence-electron chi connectivity index (χ2n) is 9.85. The van der Waals surface area contributed by atoms with Crippen molar-refractivity contribution in [3.05, 3.63) is 158 Å². The van der Waals surface area contributed by atoms with Crippen LogP contribution >= 0.6 is 0 Å². The summed E-state index contributed by atoms with van der Waals surface area (Å²) >= 11 is 0. The summed E-state index contributed by atoms with van der Waals surface area (Å²) in [4.78, 5) is 14.5. The summed E-state index contributed by atoms with van der Waals surface area (Å²) in [5.74, 6) is 1.34. The van der Waals surface area contributed by atoms with Crippen LogP contribution in [0.4, 0.5) is 0 Å². The Hall–Kier alpha value is -5.87. The Bertz CT molecular complexity index is 2650. The fourth-order valence-electron chi connectivity index (χ4n) is 5.35. The van der Waals surface area contributed by atoms with Crippen molar-refractivity contribution in [3.8, 4) is 51.0 Å². The first-order valence-electron chi connectivity index (χ1n) is 18.1. The summed E-state index contributed by atoms with van der Waals surface area (Å²) in [6.07, 6.45) is 0. The van der Waals surface area contributed by atoms with Gasteiger partial charge in [-0.2, -0.15) is 0 Å². The van der Waals surface area contributed by atoms with Crippen LogP contribution in [-0.4, -0.2) is 19.5 Å². The molecule has 0 saturated carbocycles. The fraction of sp³-hybridized carbons (Fsp3) is 0. The molecule has 4 nitrogen and oxygen atoms in total. The van der Waals surface area contributed by atoms with E-state index >= 15 is 0 Å². The zero-order valence-electron chi connectivity index (χ0n) is 31.6. The lowest BCUT2D eigenvalue weighted by Crippen LogP contribution is -2.01. The summed E-state index contributed by atoms with van der Waals surface area (Å²) in [5.41, 5.74) is 3.56. The van der Waals surface area contributed by atoms with Crippen molar-refractivity contribution in [2.75, 3.05) is 0 Å². The standard InChI is InChI=1S/C39H26N4/c1-4-14-27(15-5-1)32-23-13-25-35-36(32)33-22-10-11-24-34(33)43(35)31-21-12-20-30(26-31)39-41-37(28-16-6-2-7-17-28)40-38(42-39)29-18-8-3-9-19-29/h1-26H/i1D,4D,5D,10D,11D,14D,15D,22D,24D. The maximum absolute atomic E-state index is 9.07. The van der Waals surface area contributed by atoms with Gasteiger partial charge in [-0.1, -0.05) is 133 Å². The van der Waals surface area contributed by atoms with Crippen molar-refractivity contribution in [1.29, 1.82) is 0 Å². The van der Waals surface area contributed by atoms with Gasteiger partial charge in [0.2, 0.25) is 0 Å². The highest BCUT2D eigenvalue weighted by atomic mass is 15.0. The molecule has 2 heterocycles. The van der Waals surface area contributed by atoms with Gasteiger partial charge < -0.3 is 4.57 Å². The highest BCUT2D eigenvalue weighted by molar-refractivity contribution is 6.15. The van der Waals surface area contributed by atoms with E-state index in [1.807, 2.05) is 78.9 Å². The molecule has 0 bridgehead atoms. The average Bonchev–Trinajstić information content (AvgIpc) is 3.54. The van der Waals surface area contributed by atoms with E-state index in [4.69, 9.17) is 27.3 Å². The first-order valence-corrected chi connectivity index (χ1v) is 13.6. The SMILES string of the molecule is [2H]c1c([2H])c([2H])c(-c2cccc3c2c2c([2H])c([2H])c([2H])c([2H])c2n3-c2cccc(-c3nc(-c4ccccc4)nc(-c4ccccc4)n3)c2)c([2H])c1[2H]. The van der Waals surface area contributed by atoms with Gasteiger partial charge in [-0.3, -0.25) is 0 Å². The lowest BCUT2D eigenvalue weighted by atomic mass is 9.99. The third-order valence-corrected chi connectivity index (χ3v) is 7.26. The molecule has 8 aromatic rings. The number of aromatic nitrogens is 4. The van der Waals surface area contributed by atoms with Crippen molar-refractivity contribution in [1.82, 2.24) is 19.5 Å². The van der Waals surface area contributed by atoms with Gasteiger partial charge in [0.15, 0.2) is 17.5 Å². The summed E-state index contributed by atoms with van der Waals surface area (Å²) in [6.45, 7) is 0. The van der Waals surface area contributed by atoms with Gasteiger partial charge in [-0.15, -0.1) is 0 Å². The van der Waals surface area contributed by atoms with Crippen LogP contribution in [0.5, 0.6) is 0 Å². The molecule has 0 saturated heterocycles. The van der Waals surface area contributed by atoms with Gasteiger partial charge in [0.1, 0.15) is 0 Å². The van der Waals surface area contributed by atoms with Gasteiger partial charge in [0.25, 0.3) is 0 Å². The molecule has 0 atom stereocenters. The Balaban J connectivity index is 1.43. The molecule has 4 heteroatoms. The first kappa shape index (κ1) is 17.2. The van der Waals surface area contributed by atoms with Crippen LogP contribution < -0.4 is 0 Å². The highest BCUT2D eigenvalue weighted by Crippen LogP contribution is 2.39. The molecule has 202 valence electrons. The minimum atomic E-state index is -0.531. The maximum Gasteiger partial charge on any atom is 0.164 e. The number of hydrogen-bond acceptors (Lipinski definition) is 3. The van der Waals surface area contributed by atoms with Gasteiger partial charge in [-0.05, 0) is 35.4 Å². The molecule has 0 radical (unpaired) electrons. The molecule has 0 N–H and O–H groups in total. The zero-order chi connectivity index (χ0) is 36.4. The summed E-state index contributed by atoms with van der Waals surface area (Å²) in [7, 11) is 0. The predicted octanol–water partition coefficient (Wildman–Crippen LogP) is 9.64. The number of benzene rings is 6. The average molecular weight is 560 g/mol. The number of fused-ring (bicyclic) bond motifs is 3. The predicted molar refractivity (Wildman–Crippen MR) is 176 cm³/mol. The van der Waals surface area contributed by atoms with Crippen molar-refractivity contribution < 1.29 is 12.3 Å². The molecule has 0 spiro atoms. The fourth-order valence-corrected chi connectivity index (χ4v) is 5.35. The van der Waals surface area contributed by atoms with Crippen LogP contribution in [0.1, 0.15) is 12.3 Å². The Morgan fingerprint density at radius 3 is 1.74 bits per heavy atom. The normalized spacial score (nSPS) is 14.2. The van der Waals surface area contributed by atoms with E-state index in [-0.39, 0.29) is 34.1 Å². The summed E-state index contributed by atoms with van der Waals surface area (Å²) in [5, 5.41) is 0.484. The van der Waals surface area contributed by atoms with Gasteiger partial charge in [-0.25, -0.2) is 15.0 Å². The molecule has 0 unspecified atom stereocenters. The Morgan fingerprint density at radius 2 is 1.05 bits per heavy atom. The van der Waals surface area contributed by atoms with Crippen LogP contribution in [0.2, 0.25) is 0 Å². The molecule has 2 aromatic heterocycles. The van der Waals surface area contributed by atoms with Crippen LogP contribution in [0, 0.1) is 0 Å². The number of rotatable bonds is 5. The van der Waals surface area contributed by atoms with Crippen molar-refractivity contribution in [3.63, 3.8) is 0 Å². The molecular formula is C39H26N4. The van der Waals surface area contributed by atoms with Crippen molar-refractivity contribution in [2.24, 2.45) is 0 Å². The topological polar surface area (TPSA) is 43.6 Å². The smallest absolute Gasteiger partial charge is 0.164 e. The van der Waals surface area contributed by atoms with Crippen LogP contribution in [-0.2, 0) is 0 Å². The van der Waals surface area contributed by atoms with Crippen molar-refractivity contribution in [2.45, 2.75) is 0 Å². The van der Waals surface area contributed by atoms with E-state index in [2.05, 4.69) is 0 Å². The summed E-state index contributed by atoms with van der Waals surface area (Å²) < 4.78 is 79.2. The lowest BCUT2D eigenvalue weighted by Gasteiger charge is -2.12. The third-order valence-electron chi connectivity index (χ3n) is 7.26. The second-order valence-corrected chi connectivity index (χ2v) is 9.85. The molecule has 8 rings (SSSR count). The second kappa shape index (κ2) is 10.5. The van der Waals surface area contributed by atoms with Gasteiger partial charge >= 0.3 is 0 Å². The van der Waals surface area contributed by atoms with Crippen LogP contribution in [0.3, 0.4) is 0 Å². The zero-order valence-corrected chi connectivity index (χ0v) is 22.6. The Kier molecular flexibility index (Phi) is 4.20. The molecular weight excluding hydrogens is 524 g/mol. The van der Waals surface area contributed by atoms with Crippen LogP contribution in [0.15, 0.2) is 158 Å². The van der Waals surface area contributed by atoms with E-state index in [1.54, 1.807) is 28.8 Å². The highest BCUT2D eigenvalue weighted by Gasteiger charge is 2.17. The summed E-state index contributed by atoms with van der Waals surface area (Å²) in [6, 6.07) is 27.6. The third kappa shape index (κ3) is 4.46.